The zero-order chi connectivity index (χ0) is 26.1. The van der Waals surface area contributed by atoms with Crippen LogP contribution in [0.15, 0.2) is 36.9 Å². The first-order valence-electron chi connectivity index (χ1n) is 12.6. The van der Waals surface area contributed by atoms with Crippen molar-refractivity contribution in [3.8, 4) is 17.4 Å². The summed E-state index contributed by atoms with van der Waals surface area (Å²) in [6, 6.07) is 6.76. The van der Waals surface area contributed by atoms with Crippen LogP contribution in [0.25, 0.3) is 5.69 Å². The van der Waals surface area contributed by atoms with E-state index in [2.05, 4.69) is 30.9 Å². The second-order valence-electron chi connectivity index (χ2n) is 10.1. The Morgan fingerprint density at radius 2 is 1.89 bits per heavy atom. The highest BCUT2D eigenvalue weighted by Gasteiger charge is 2.50. The molecule has 14 heteroatoms. The number of nitrogens with one attached hydrogen (secondary N) is 1. The molecule has 3 aliphatic rings. The summed E-state index contributed by atoms with van der Waals surface area (Å²) in [4.78, 5) is 28.2. The molecule has 200 valence electrons. The molecule has 1 aromatic carbocycles. The molecule has 0 bridgehead atoms. The summed E-state index contributed by atoms with van der Waals surface area (Å²) in [6.45, 7) is 0.572. The summed E-state index contributed by atoms with van der Waals surface area (Å²) in [7, 11) is 0. The zero-order valence-corrected chi connectivity index (χ0v) is 20.5. The van der Waals surface area contributed by atoms with E-state index in [9.17, 15) is 14.7 Å². The molecule has 1 aliphatic carbocycles. The van der Waals surface area contributed by atoms with Crippen LogP contribution in [0.1, 0.15) is 44.6 Å². The molecule has 4 heterocycles. The number of nitrogens with zero attached hydrogens (tertiary/aromatic N) is 7. The highest BCUT2D eigenvalue weighted by Crippen LogP contribution is 2.44. The van der Waals surface area contributed by atoms with E-state index < -0.39 is 11.4 Å². The molecule has 2 N–H and O–H groups in total. The maximum absolute atomic E-state index is 12.9. The number of ether oxygens (including phenoxy) is 3. The quantitative estimate of drug-likeness (QED) is 0.414. The van der Waals surface area contributed by atoms with Crippen molar-refractivity contribution >= 4 is 11.9 Å². The van der Waals surface area contributed by atoms with Gasteiger partial charge < -0.3 is 24.6 Å². The normalized spacial score (nSPS) is 25.8. The van der Waals surface area contributed by atoms with Crippen LogP contribution in [0.2, 0.25) is 0 Å². The number of amides is 1. The van der Waals surface area contributed by atoms with E-state index in [-0.39, 0.29) is 62.3 Å². The van der Waals surface area contributed by atoms with Crippen molar-refractivity contribution < 1.29 is 28.9 Å². The minimum absolute atomic E-state index is 0.0114. The first kappa shape index (κ1) is 24.4. The van der Waals surface area contributed by atoms with Crippen LogP contribution < -0.4 is 10.1 Å². The molecule has 3 fully saturated rings. The summed E-state index contributed by atoms with van der Waals surface area (Å²) in [5, 5.41) is 28.4. The molecule has 4 unspecified atom stereocenters. The predicted octanol–water partition coefficient (Wildman–Crippen LogP) is 1.29. The third-order valence-corrected chi connectivity index (χ3v) is 7.61. The lowest BCUT2D eigenvalue weighted by Gasteiger charge is -2.27. The van der Waals surface area contributed by atoms with Crippen LogP contribution in [0.3, 0.4) is 0 Å². The molecule has 1 saturated carbocycles. The molecule has 3 aromatic rings. The number of carbonyl (C=O) groups excluding carboxylic acids is 1. The second-order valence-corrected chi connectivity index (χ2v) is 10.1. The number of hydrogen-bond acceptors (Lipinski definition) is 10. The average molecular weight is 525 g/mol. The van der Waals surface area contributed by atoms with Crippen molar-refractivity contribution in [2.24, 2.45) is 5.41 Å². The Kier molecular flexibility index (Phi) is 6.49. The summed E-state index contributed by atoms with van der Waals surface area (Å²) < 4.78 is 21.2. The first-order valence-corrected chi connectivity index (χ1v) is 12.6. The molecule has 2 aromatic heterocycles. The summed E-state index contributed by atoms with van der Waals surface area (Å²) >= 11 is 0. The Labute approximate surface area is 217 Å². The van der Waals surface area contributed by atoms with Gasteiger partial charge >= 0.3 is 12.0 Å². The van der Waals surface area contributed by atoms with Crippen molar-refractivity contribution in [1.82, 2.24) is 40.3 Å². The van der Waals surface area contributed by atoms with Crippen LogP contribution in [0, 0.1) is 5.41 Å². The van der Waals surface area contributed by atoms with Gasteiger partial charge in [-0.3, -0.25) is 9.59 Å². The number of aromatic nitrogens is 7. The Morgan fingerprint density at radius 3 is 2.63 bits per heavy atom. The topological polar surface area (TPSA) is 168 Å². The molecule has 6 rings (SSSR count). The fourth-order valence-electron chi connectivity index (χ4n) is 5.85. The zero-order valence-electron chi connectivity index (χ0n) is 20.5. The van der Waals surface area contributed by atoms with Gasteiger partial charge in [-0.25, -0.2) is 9.67 Å². The van der Waals surface area contributed by atoms with Gasteiger partial charge in [-0.2, -0.15) is 9.78 Å². The number of carboxylic acid groups (broad SMARTS) is 1. The lowest BCUT2D eigenvalue weighted by atomic mass is 9.79. The lowest BCUT2D eigenvalue weighted by Crippen LogP contribution is -2.45. The number of carbonyl (C=O) groups is 2. The van der Waals surface area contributed by atoms with Gasteiger partial charge in [0.25, 0.3) is 0 Å². The Balaban J connectivity index is 1.09. The molecule has 38 heavy (non-hydrogen) atoms. The van der Waals surface area contributed by atoms with Crippen LogP contribution in [0.5, 0.6) is 11.8 Å². The number of aliphatic carboxylic acids is 1. The largest absolute Gasteiger partial charge is 0.481 e. The molecule has 2 aliphatic heterocycles. The van der Waals surface area contributed by atoms with Crippen molar-refractivity contribution in [3.05, 3.63) is 36.9 Å². The highest BCUT2D eigenvalue weighted by atomic mass is 16.6. The SMILES string of the molecule is O=C(O)CC1(CC(=O)NC2COC3C2OCC3n2nnnc2Oc2ccc(-n3cncn3)cc2)CCCC1. The maximum atomic E-state index is 12.9. The van der Waals surface area contributed by atoms with Gasteiger partial charge in [0.05, 0.1) is 31.4 Å². The summed E-state index contributed by atoms with van der Waals surface area (Å²) in [5.41, 5.74) is 0.357. The number of fused-ring (bicyclic) bond motifs is 1. The van der Waals surface area contributed by atoms with Crippen LogP contribution >= 0.6 is 0 Å². The summed E-state index contributed by atoms with van der Waals surface area (Å²) in [5.74, 6) is -0.494. The van der Waals surface area contributed by atoms with E-state index in [1.165, 1.54) is 6.33 Å². The fraction of sp³-hybridized carbons (Fsp3) is 0.542. The standard InChI is InChI=1S/C24H28N8O6/c33-19(9-24(10-20(34)35)7-1-2-8-24)27-17-11-36-22-18(12-37-21(17)22)32-23(28-29-30-32)38-16-5-3-15(4-6-16)31-14-25-13-26-31/h3-6,13-14,17-18,21-22H,1-2,7-12H2,(H,27,33)(H,34,35). The maximum Gasteiger partial charge on any atom is 0.341 e. The van der Waals surface area contributed by atoms with Crippen LogP contribution in [-0.4, -0.2) is 83.4 Å². The molecule has 14 nitrogen and oxygen atoms in total. The molecular formula is C24H28N8O6. The smallest absolute Gasteiger partial charge is 0.341 e. The lowest BCUT2D eigenvalue weighted by molar-refractivity contribution is -0.140. The van der Waals surface area contributed by atoms with E-state index in [0.29, 0.717) is 5.75 Å². The molecule has 0 spiro atoms. The van der Waals surface area contributed by atoms with Gasteiger partial charge in [0.1, 0.15) is 36.7 Å². The Morgan fingerprint density at radius 1 is 1.11 bits per heavy atom. The highest BCUT2D eigenvalue weighted by molar-refractivity contribution is 5.78. The average Bonchev–Trinajstić information content (AvgIpc) is 3.71. The molecule has 2 saturated heterocycles. The minimum Gasteiger partial charge on any atom is -0.481 e. The Bertz CT molecular complexity index is 1270. The molecular weight excluding hydrogens is 496 g/mol. The van der Waals surface area contributed by atoms with E-state index in [1.54, 1.807) is 27.8 Å². The second kappa shape index (κ2) is 10.1. The Hall–Kier alpha value is -3.91. The van der Waals surface area contributed by atoms with Crippen molar-refractivity contribution in [2.45, 2.75) is 62.8 Å². The number of carboxylic acids is 1. The fourth-order valence-corrected chi connectivity index (χ4v) is 5.85. The number of hydrogen-bond donors (Lipinski definition) is 2. The molecule has 0 radical (unpaired) electrons. The number of rotatable bonds is 9. The van der Waals surface area contributed by atoms with Crippen molar-refractivity contribution in [2.75, 3.05) is 13.2 Å². The third kappa shape index (κ3) is 4.84. The van der Waals surface area contributed by atoms with E-state index in [0.717, 1.165) is 31.4 Å². The van der Waals surface area contributed by atoms with Crippen LogP contribution in [-0.2, 0) is 19.1 Å². The van der Waals surface area contributed by atoms with Crippen LogP contribution in [0.4, 0.5) is 0 Å². The molecule has 4 atom stereocenters. The minimum atomic E-state index is -0.864. The monoisotopic (exact) mass is 524 g/mol. The first-order chi connectivity index (χ1) is 18.5. The van der Waals surface area contributed by atoms with E-state index in [4.69, 9.17) is 14.2 Å². The third-order valence-electron chi connectivity index (χ3n) is 7.61. The molecule has 1 amide bonds. The van der Waals surface area contributed by atoms with Gasteiger partial charge in [0, 0.05) is 6.42 Å². The predicted molar refractivity (Wildman–Crippen MR) is 127 cm³/mol. The number of benzene rings is 1. The van der Waals surface area contributed by atoms with Crippen molar-refractivity contribution in [1.29, 1.82) is 0 Å². The van der Waals surface area contributed by atoms with E-state index >= 15 is 0 Å². The number of tetrazole rings is 1. The van der Waals surface area contributed by atoms with Gasteiger partial charge in [0.15, 0.2) is 0 Å². The van der Waals surface area contributed by atoms with Gasteiger partial charge in [-0.05, 0) is 52.9 Å². The van der Waals surface area contributed by atoms with Gasteiger partial charge in [-0.1, -0.05) is 17.9 Å². The van der Waals surface area contributed by atoms with Gasteiger partial charge in [-0.15, -0.1) is 0 Å². The van der Waals surface area contributed by atoms with E-state index in [1.807, 2.05) is 12.1 Å². The summed E-state index contributed by atoms with van der Waals surface area (Å²) in [6.07, 6.45) is 5.93. The van der Waals surface area contributed by atoms with Gasteiger partial charge in [0.2, 0.25) is 5.91 Å². The van der Waals surface area contributed by atoms with Crippen molar-refractivity contribution in [3.63, 3.8) is 0 Å².